The van der Waals surface area contributed by atoms with E-state index >= 15 is 0 Å². The zero-order valence-electron chi connectivity index (χ0n) is 10.6. The van der Waals surface area contributed by atoms with Gasteiger partial charge in [0.15, 0.2) is 0 Å². The normalized spacial score (nSPS) is 12.4. The average Bonchev–Trinajstić information content (AvgIpc) is 2.78. The molecule has 1 aromatic rings. The predicted molar refractivity (Wildman–Crippen MR) is 67.3 cm³/mol. The van der Waals surface area contributed by atoms with Crippen molar-refractivity contribution < 1.29 is 14.6 Å². The second kappa shape index (κ2) is 7.67. The highest BCUT2D eigenvalue weighted by Gasteiger charge is 2.08. The number of hydrogen-bond acceptors (Lipinski definition) is 4. The van der Waals surface area contributed by atoms with Crippen molar-refractivity contribution in [3.8, 4) is 0 Å². The topological polar surface area (TPSA) is 99.3 Å². The van der Waals surface area contributed by atoms with Gasteiger partial charge in [-0.2, -0.15) is 5.10 Å². The van der Waals surface area contributed by atoms with Crippen LogP contribution in [0, 0.1) is 5.92 Å². The van der Waals surface area contributed by atoms with Crippen LogP contribution in [0.15, 0.2) is 12.4 Å². The summed E-state index contributed by atoms with van der Waals surface area (Å²) in [5.41, 5.74) is 0.568. The molecule has 0 radical (unpaired) electrons. The largest absolute Gasteiger partial charge is 0.389 e. The Balaban J connectivity index is 2.10. The number of hydrogen-bond donors (Lipinski definition) is 4. The number of aliphatic hydroxyl groups is 1. The number of carbonyl (C=O) groups excluding carboxylic acids is 1. The highest BCUT2D eigenvalue weighted by Crippen LogP contribution is 1.99. The number of rotatable bonds is 7. The van der Waals surface area contributed by atoms with Crippen LogP contribution in [0.3, 0.4) is 0 Å². The minimum atomic E-state index is -0.709. The van der Waals surface area contributed by atoms with Crippen molar-refractivity contribution in [2.45, 2.75) is 20.0 Å². The van der Waals surface area contributed by atoms with Gasteiger partial charge >= 0.3 is 6.03 Å². The molecule has 0 aliphatic rings. The summed E-state index contributed by atoms with van der Waals surface area (Å²) in [6.07, 6.45) is 2.34. The lowest BCUT2D eigenvalue weighted by atomic mass is 10.2. The maximum absolute atomic E-state index is 11.4. The third kappa shape index (κ3) is 6.21. The van der Waals surface area contributed by atoms with Gasteiger partial charge in [-0.05, 0) is 5.92 Å². The molecule has 1 unspecified atom stereocenters. The van der Waals surface area contributed by atoms with Crippen molar-refractivity contribution in [2.75, 3.05) is 25.1 Å². The van der Waals surface area contributed by atoms with Gasteiger partial charge in [0.05, 0.1) is 24.6 Å². The summed E-state index contributed by atoms with van der Waals surface area (Å²) in [5.74, 6) is 0.426. The molecule has 102 valence electrons. The Hall–Kier alpha value is -1.60. The minimum absolute atomic E-state index is 0.141. The summed E-state index contributed by atoms with van der Waals surface area (Å²) < 4.78 is 5.26. The summed E-state index contributed by atoms with van der Waals surface area (Å²) in [7, 11) is 0. The molecule has 4 N–H and O–H groups in total. The number of amides is 2. The van der Waals surface area contributed by atoms with E-state index in [1.165, 1.54) is 6.20 Å². The molecular formula is C11H20N4O3. The molecular weight excluding hydrogens is 236 g/mol. The van der Waals surface area contributed by atoms with Crippen molar-refractivity contribution >= 4 is 11.7 Å². The number of nitrogens with one attached hydrogen (secondary N) is 3. The fraction of sp³-hybridized carbons (Fsp3) is 0.636. The monoisotopic (exact) mass is 256 g/mol. The number of nitrogens with zero attached hydrogens (tertiary/aromatic N) is 1. The fourth-order valence-corrected chi connectivity index (χ4v) is 1.20. The van der Waals surface area contributed by atoms with Gasteiger partial charge < -0.3 is 20.5 Å². The third-order valence-corrected chi connectivity index (χ3v) is 2.02. The maximum atomic E-state index is 11.4. The molecule has 1 aromatic heterocycles. The van der Waals surface area contributed by atoms with Crippen LogP contribution in [0.1, 0.15) is 13.8 Å². The number of urea groups is 1. The van der Waals surface area contributed by atoms with Crippen molar-refractivity contribution in [3.05, 3.63) is 12.4 Å². The molecule has 0 saturated carbocycles. The smallest absolute Gasteiger partial charge is 0.319 e. The van der Waals surface area contributed by atoms with Crippen LogP contribution >= 0.6 is 0 Å². The van der Waals surface area contributed by atoms with E-state index in [-0.39, 0.29) is 19.2 Å². The SMILES string of the molecule is CC(C)COCC(O)CNC(=O)Nc1cn[nH]c1. The molecule has 7 nitrogen and oxygen atoms in total. The quantitative estimate of drug-likeness (QED) is 0.573. The first-order valence-corrected chi connectivity index (χ1v) is 5.87. The van der Waals surface area contributed by atoms with Crippen molar-refractivity contribution in [3.63, 3.8) is 0 Å². The van der Waals surface area contributed by atoms with Gasteiger partial charge in [-0.15, -0.1) is 0 Å². The highest BCUT2D eigenvalue weighted by atomic mass is 16.5. The van der Waals surface area contributed by atoms with Crippen LogP contribution in [-0.2, 0) is 4.74 Å². The molecule has 0 aromatic carbocycles. The molecule has 1 atom stereocenters. The van der Waals surface area contributed by atoms with Crippen molar-refractivity contribution in [1.29, 1.82) is 0 Å². The predicted octanol–water partition coefficient (Wildman–Crippen LogP) is 0.565. The second-order valence-electron chi connectivity index (χ2n) is 4.41. The summed E-state index contributed by atoms with van der Waals surface area (Å²) in [6, 6.07) is -0.390. The van der Waals surface area contributed by atoms with Gasteiger partial charge in [0.1, 0.15) is 0 Å². The van der Waals surface area contributed by atoms with Crippen LogP contribution in [-0.4, -0.2) is 47.2 Å². The molecule has 1 heterocycles. The van der Waals surface area contributed by atoms with Crippen LogP contribution < -0.4 is 10.6 Å². The summed E-state index contributed by atoms with van der Waals surface area (Å²) in [6.45, 7) is 5.01. The Bertz CT molecular complexity index is 340. The number of aliphatic hydroxyl groups excluding tert-OH is 1. The lowest BCUT2D eigenvalue weighted by molar-refractivity contribution is 0.0274. The van der Waals surface area contributed by atoms with Gasteiger partial charge in [-0.3, -0.25) is 5.10 Å². The molecule has 2 amide bonds. The lowest BCUT2D eigenvalue weighted by Crippen LogP contribution is -2.37. The second-order valence-corrected chi connectivity index (χ2v) is 4.41. The Morgan fingerprint density at radius 1 is 1.56 bits per heavy atom. The number of ether oxygens (including phenoxy) is 1. The molecule has 0 saturated heterocycles. The molecule has 1 rings (SSSR count). The van der Waals surface area contributed by atoms with E-state index in [0.717, 1.165) is 0 Å². The Kier molecular flexibility index (Phi) is 6.16. The van der Waals surface area contributed by atoms with Gasteiger partial charge in [0.2, 0.25) is 0 Å². The minimum Gasteiger partial charge on any atom is -0.389 e. The first kappa shape index (κ1) is 14.5. The fourth-order valence-electron chi connectivity index (χ4n) is 1.20. The third-order valence-electron chi connectivity index (χ3n) is 2.02. The molecule has 7 heteroatoms. The van der Waals surface area contributed by atoms with Gasteiger partial charge in [-0.1, -0.05) is 13.8 Å². The van der Waals surface area contributed by atoms with Crippen molar-refractivity contribution in [1.82, 2.24) is 15.5 Å². The van der Waals surface area contributed by atoms with Gasteiger partial charge in [-0.25, -0.2) is 4.79 Å². The number of aromatic nitrogens is 2. The zero-order valence-corrected chi connectivity index (χ0v) is 10.6. The summed E-state index contributed by atoms with van der Waals surface area (Å²) >= 11 is 0. The van der Waals surface area contributed by atoms with E-state index in [1.54, 1.807) is 6.20 Å². The first-order valence-electron chi connectivity index (χ1n) is 5.87. The van der Waals surface area contributed by atoms with E-state index in [4.69, 9.17) is 4.74 Å². The van der Waals surface area contributed by atoms with E-state index in [9.17, 15) is 9.90 Å². The van der Waals surface area contributed by atoms with E-state index in [0.29, 0.717) is 18.2 Å². The summed E-state index contributed by atoms with van der Waals surface area (Å²) in [5, 5.41) is 20.9. The lowest BCUT2D eigenvalue weighted by Gasteiger charge is -2.13. The van der Waals surface area contributed by atoms with Crippen LogP contribution in [0.2, 0.25) is 0 Å². The van der Waals surface area contributed by atoms with E-state index in [2.05, 4.69) is 20.8 Å². The van der Waals surface area contributed by atoms with Gasteiger partial charge in [0.25, 0.3) is 0 Å². The molecule has 0 bridgehead atoms. The van der Waals surface area contributed by atoms with Crippen LogP contribution in [0.25, 0.3) is 0 Å². The molecule has 0 fully saturated rings. The zero-order chi connectivity index (χ0) is 13.4. The van der Waals surface area contributed by atoms with Crippen LogP contribution in [0.4, 0.5) is 10.5 Å². The standard InChI is InChI=1S/C11H20N4O3/c1-8(2)6-18-7-10(16)5-12-11(17)15-9-3-13-14-4-9/h3-4,8,10,16H,5-7H2,1-2H3,(H,13,14)(H2,12,15,17). The molecule has 0 aliphatic carbocycles. The van der Waals surface area contributed by atoms with Crippen molar-refractivity contribution in [2.24, 2.45) is 5.92 Å². The van der Waals surface area contributed by atoms with E-state index < -0.39 is 6.10 Å². The Morgan fingerprint density at radius 2 is 2.33 bits per heavy atom. The highest BCUT2D eigenvalue weighted by molar-refractivity contribution is 5.88. The number of aromatic amines is 1. The summed E-state index contributed by atoms with van der Waals surface area (Å²) in [4.78, 5) is 11.4. The number of H-pyrrole nitrogens is 1. The average molecular weight is 256 g/mol. The van der Waals surface area contributed by atoms with Crippen LogP contribution in [0.5, 0.6) is 0 Å². The van der Waals surface area contributed by atoms with Gasteiger partial charge in [0, 0.05) is 19.3 Å². The Morgan fingerprint density at radius 3 is 2.94 bits per heavy atom. The molecule has 0 spiro atoms. The first-order chi connectivity index (χ1) is 8.58. The molecule has 18 heavy (non-hydrogen) atoms. The Labute approximate surface area is 106 Å². The number of carbonyl (C=O) groups is 1. The molecule has 0 aliphatic heterocycles. The maximum Gasteiger partial charge on any atom is 0.319 e. The van der Waals surface area contributed by atoms with E-state index in [1.807, 2.05) is 13.8 Å². The number of anilines is 1.